The van der Waals surface area contributed by atoms with Gasteiger partial charge in [0.05, 0.1) is 12.3 Å². The molecule has 142 valence electrons. The summed E-state index contributed by atoms with van der Waals surface area (Å²) in [6.07, 6.45) is 11.6. The monoisotopic (exact) mass is 375 g/mol. The summed E-state index contributed by atoms with van der Waals surface area (Å²) < 4.78 is 5.26. The minimum atomic E-state index is -0.131. The van der Waals surface area contributed by atoms with Crippen molar-refractivity contribution in [3.8, 4) is 0 Å². The third-order valence-electron chi connectivity index (χ3n) is 4.76. The molecule has 1 atom stereocenters. The molecule has 28 heavy (non-hydrogen) atoms. The fourth-order valence-corrected chi connectivity index (χ4v) is 3.37. The first-order chi connectivity index (χ1) is 13.7. The number of nitrogens with zero attached hydrogens (tertiary/aromatic N) is 4. The largest absolute Gasteiger partial charge is 0.465 e. The zero-order valence-corrected chi connectivity index (χ0v) is 15.6. The van der Waals surface area contributed by atoms with Gasteiger partial charge >= 0.3 is 0 Å². The van der Waals surface area contributed by atoms with Gasteiger partial charge < -0.3 is 14.6 Å². The zero-order chi connectivity index (χ0) is 19.3. The molecule has 3 aromatic rings. The molecule has 0 aliphatic carbocycles. The Bertz CT molecular complexity index is 984. The number of likely N-dealkylation sites (tertiary alicyclic amines) is 1. The Kier molecular flexibility index (Phi) is 5.14. The average molecular weight is 375 g/mol. The molecule has 4 rings (SSSR count). The molecule has 1 unspecified atom stereocenters. The van der Waals surface area contributed by atoms with E-state index in [4.69, 9.17) is 4.42 Å². The van der Waals surface area contributed by atoms with E-state index in [1.807, 2.05) is 30.0 Å². The highest BCUT2D eigenvalue weighted by molar-refractivity contribution is 5.92. The second-order valence-corrected chi connectivity index (χ2v) is 6.62. The van der Waals surface area contributed by atoms with Gasteiger partial charge in [0, 0.05) is 31.2 Å². The maximum absolute atomic E-state index is 12.8. The molecule has 1 aliphatic rings. The number of rotatable bonds is 5. The number of nitrogens with one attached hydrogen (secondary N) is 1. The first-order valence-electron chi connectivity index (χ1n) is 9.24. The summed E-state index contributed by atoms with van der Waals surface area (Å²) in [6, 6.07) is 7.34. The number of aryl methyl sites for hydroxylation is 1. The molecular weight excluding hydrogens is 354 g/mol. The van der Waals surface area contributed by atoms with E-state index in [1.54, 1.807) is 43.1 Å². The first-order valence-corrected chi connectivity index (χ1v) is 9.24. The molecule has 1 N–H and O–H groups in total. The molecular formula is C21H21N5O2. The lowest BCUT2D eigenvalue weighted by molar-refractivity contribution is -0.126. The van der Waals surface area contributed by atoms with Gasteiger partial charge in [0.1, 0.15) is 17.3 Å². The van der Waals surface area contributed by atoms with Gasteiger partial charge in [-0.1, -0.05) is 6.07 Å². The highest BCUT2D eigenvalue weighted by Crippen LogP contribution is 2.35. The Morgan fingerprint density at radius 2 is 2.04 bits per heavy atom. The molecule has 0 spiro atoms. The van der Waals surface area contributed by atoms with E-state index >= 15 is 0 Å². The number of furan rings is 1. The van der Waals surface area contributed by atoms with Crippen molar-refractivity contribution in [3.63, 3.8) is 0 Å². The van der Waals surface area contributed by atoms with Crippen LogP contribution < -0.4 is 5.32 Å². The Labute approximate surface area is 163 Å². The van der Waals surface area contributed by atoms with Crippen LogP contribution in [-0.2, 0) is 4.79 Å². The number of carbonyl (C=O) groups excluding carboxylic acids is 1. The van der Waals surface area contributed by atoms with Gasteiger partial charge in [-0.25, -0.2) is 9.97 Å². The lowest BCUT2D eigenvalue weighted by atomic mass is 10.1. The average Bonchev–Trinajstić information content (AvgIpc) is 3.40. The quantitative estimate of drug-likeness (QED) is 0.681. The molecule has 1 amide bonds. The highest BCUT2D eigenvalue weighted by Gasteiger charge is 2.32. The molecule has 1 saturated heterocycles. The van der Waals surface area contributed by atoms with Crippen molar-refractivity contribution < 1.29 is 9.21 Å². The van der Waals surface area contributed by atoms with Gasteiger partial charge in [0.15, 0.2) is 5.82 Å². The summed E-state index contributed by atoms with van der Waals surface area (Å²) in [4.78, 5) is 28.0. The van der Waals surface area contributed by atoms with E-state index in [0.717, 1.165) is 29.9 Å². The SMILES string of the molecule is Cc1cccnc1Nc1nccnc1C1CCCN1C(=O)/C=C/c1ccco1. The fourth-order valence-electron chi connectivity index (χ4n) is 3.37. The van der Waals surface area contributed by atoms with Crippen LogP contribution in [0.25, 0.3) is 6.08 Å². The van der Waals surface area contributed by atoms with E-state index in [9.17, 15) is 4.79 Å². The normalized spacial score (nSPS) is 16.6. The fraction of sp³-hybridized carbons (Fsp3) is 0.238. The van der Waals surface area contributed by atoms with Crippen molar-refractivity contribution in [1.29, 1.82) is 0 Å². The Morgan fingerprint density at radius 3 is 2.86 bits per heavy atom. The van der Waals surface area contributed by atoms with Gasteiger partial charge in [-0.3, -0.25) is 9.78 Å². The van der Waals surface area contributed by atoms with E-state index in [0.29, 0.717) is 18.1 Å². The van der Waals surface area contributed by atoms with Crippen LogP contribution in [0.4, 0.5) is 11.6 Å². The molecule has 7 nitrogen and oxygen atoms in total. The predicted octanol–water partition coefficient (Wildman–Crippen LogP) is 3.89. The molecule has 1 aliphatic heterocycles. The Hall–Kier alpha value is -3.48. The molecule has 3 aromatic heterocycles. The van der Waals surface area contributed by atoms with Crippen molar-refractivity contribution in [2.75, 3.05) is 11.9 Å². The summed E-state index contributed by atoms with van der Waals surface area (Å²) in [5.74, 6) is 1.95. The summed E-state index contributed by atoms with van der Waals surface area (Å²) in [5.41, 5.74) is 1.77. The number of hydrogen-bond acceptors (Lipinski definition) is 6. The lowest BCUT2D eigenvalue weighted by Gasteiger charge is -2.24. The molecule has 4 heterocycles. The van der Waals surface area contributed by atoms with E-state index in [1.165, 1.54) is 0 Å². The second kappa shape index (κ2) is 8.04. The maximum Gasteiger partial charge on any atom is 0.247 e. The number of pyridine rings is 1. The number of carbonyl (C=O) groups is 1. The molecule has 0 saturated carbocycles. The van der Waals surface area contributed by atoms with Crippen LogP contribution in [-0.4, -0.2) is 32.3 Å². The number of aromatic nitrogens is 3. The Balaban J connectivity index is 1.58. The maximum atomic E-state index is 12.8. The third-order valence-corrected chi connectivity index (χ3v) is 4.76. The predicted molar refractivity (Wildman–Crippen MR) is 106 cm³/mol. The van der Waals surface area contributed by atoms with Gasteiger partial charge in [0.2, 0.25) is 5.91 Å². The third kappa shape index (κ3) is 3.78. The minimum absolute atomic E-state index is 0.0653. The van der Waals surface area contributed by atoms with E-state index in [-0.39, 0.29) is 11.9 Å². The summed E-state index contributed by atoms with van der Waals surface area (Å²) in [5, 5.41) is 3.28. The van der Waals surface area contributed by atoms with Crippen LogP contribution in [0, 0.1) is 6.92 Å². The molecule has 0 bridgehead atoms. The first kappa shape index (κ1) is 17.9. The van der Waals surface area contributed by atoms with E-state index in [2.05, 4.69) is 20.3 Å². The van der Waals surface area contributed by atoms with Gasteiger partial charge in [-0.15, -0.1) is 0 Å². The van der Waals surface area contributed by atoms with Crippen molar-refractivity contribution >= 4 is 23.6 Å². The van der Waals surface area contributed by atoms with Crippen LogP contribution in [0.2, 0.25) is 0 Å². The molecule has 1 fully saturated rings. The van der Waals surface area contributed by atoms with Crippen molar-refractivity contribution in [1.82, 2.24) is 19.9 Å². The number of amides is 1. The topological polar surface area (TPSA) is 84.2 Å². The van der Waals surface area contributed by atoms with Crippen LogP contribution in [0.1, 0.15) is 35.9 Å². The van der Waals surface area contributed by atoms with Gasteiger partial charge in [0.25, 0.3) is 0 Å². The van der Waals surface area contributed by atoms with Crippen LogP contribution in [0.3, 0.4) is 0 Å². The number of hydrogen-bond donors (Lipinski definition) is 1. The molecule has 7 heteroatoms. The molecule has 0 radical (unpaired) electrons. The summed E-state index contributed by atoms with van der Waals surface area (Å²) >= 11 is 0. The van der Waals surface area contributed by atoms with Crippen molar-refractivity contribution in [2.45, 2.75) is 25.8 Å². The van der Waals surface area contributed by atoms with E-state index < -0.39 is 0 Å². The smallest absolute Gasteiger partial charge is 0.247 e. The van der Waals surface area contributed by atoms with Crippen molar-refractivity contribution in [3.05, 3.63) is 72.2 Å². The highest BCUT2D eigenvalue weighted by atomic mass is 16.3. The van der Waals surface area contributed by atoms with Gasteiger partial charge in [-0.2, -0.15) is 0 Å². The zero-order valence-electron chi connectivity index (χ0n) is 15.6. The Morgan fingerprint density at radius 1 is 1.18 bits per heavy atom. The number of anilines is 2. The van der Waals surface area contributed by atoms with Crippen LogP contribution in [0.15, 0.2) is 59.6 Å². The van der Waals surface area contributed by atoms with Crippen molar-refractivity contribution in [2.24, 2.45) is 0 Å². The minimum Gasteiger partial charge on any atom is -0.465 e. The molecule has 0 aromatic carbocycles. The summed E-state index contributed by atoms with van der Waals surface area (Å²) in [7, 11) is 0. The standard InChI is InChI=1S/C21H21N5O2/c1-15-5-2-10-23-20(15)25-21-19(22-11-12-24-21)17-7-3-13-26(17)18(27)9-8-16-6-4-14-28-16/h2,4-6,8-12,14,17H,3,7,13H2,1H3,(H,23,24,25)/b9-8+. The second-order valence-electron chi connectivity index (χ2n) is 6.62. The summed E-state index contributed by atoms with van der Waals surface area (Å²) in [6.45, 7) is 2.67. The van der Waals surface area contributed by atoms with Crippen LogP contribution >= 0.6 is 0 Å². The van der Waals surface area contributed by atoms with Gasteiger partial charge in [-0.05, 0) is 49.6 Å². The van der Waals surface area contributed by atoms with Crippen LogP contribution in [0.5, 0.6) is 0 Å². The lowest BCUT2D eigenvalue weighted by Crippen LogP contribution is -2.30.